The summed E-state index contributed by atoms with van der Waals surface area (Å²) >= 11 is 3.61. The van der Waals surface area contributed by atoms with Crippen LogP contribution in [0.2, 0.25) is 0 Å². The topological polar surface area (TPSA) is 42.4 Å². The Labute approximate surface area is 96.6 Å². The van der Waals surface area contributed by atoms with Crippen molar-refractivity contribution in [2.24, 2.45) is 0 Å². The molecule has 0 radical (unpaired) electrons. The zero-order chi connectivity index (χ0) is 10.4. The molecule has 2 heterocycles. The molecule has 4 heteroatoms. The van der Waals surface area contributed by atoms with Crippen molar-refractivity contribution in [3.05, 3.63) is 21.3 Å². The summed E-state index contributed by atoms with van der Waals surface area (Å²) in [6.07, 6.45) is 3.36. The molecule has 2 aliphatic rings. The summed E-state index contributed by atoms with van der Waals surface area (Å²) in [5.41, 5.74) is 3.16. The van der Waals surface area contributed by atoms with Crippen LogP contribution in [0.4, 0.5) is 0 Å². The van der Waals surface area contributed by atoms with Gasteiger partial charge in [-0.3, -0.25) is 0 Å². The Bertz CT molecular complexity index is 416. The molecule has 1 aromatic heterocycles. The van der Waals surface area contributed by atoms with Crippen LogP contribution < -0.4 is 4.74 Å². The third kappa shape index (κ3) is 1.39. The minimum atomic E-state index is -0.410. The maximum atomic E-state index is 9.77. The fraction of sp³-hybridized carbons (Fsp3) is 0.545. The smallest absolute Gasteiger partial charge is 0.218 e. The summed E-state index contributed by atoms with van der Waals surface area (Å²) in [7, 11) is 0. The quantitative estimate of drug-likeness (QED) is 0.785. The van der Waals surface area contributed by atoms with Crippen molar-refractivity contribution in [1.29, 1.82) is 0 Å². The van der Waals surface area contributed by atoms with Gasteiger partial charge in [0.2, 0.25) is 5.88 Å². The summed E-state index contributed by atoms with van der Waals surface area (Å²) in [5, 5.41) is 9.77. The number of hydrogen-bond acceptors (Lipinski definition) is 3. The van der Waals surface area contributed by atoms with E-state index < -0.39 is 6.10 Å². The molecule has 0 saturated carbocycles. The van der Waals surface area contributed by atoms with Crippen LogP contribution >= 0.6 is 15.9 Å². The average Bonchev–Trinajstić information content (AvgIpc) is 2.62. The van der Waals surface area contributed by atoms with E-state index in [4.69, 9.17) is 4.74 Å². The van der Waals surface area contributed by atoms with Gasteiger partial charge in [-0.25, -0.2) is 4.98 Å². The van der Waals surface area contributed by atoms with Crippen LogP contribution in [0.5, 0.6) is 5.88 Å². The van der Waals surface area contributed by atoms with E-state index >= 15 is 0 Å². The summed E-state index contributed by atoms with van der Waals surface area (Å²) in [5.74, 6) is 0.716. The molecule has 1 unspecified atom stereocenters. The second-order valence-electron chi connectivity index (χ2n) is 4.08. The lowest BCUT2D eigenvalue weighted by Crippen LogP contribution is -2.13. The number of aromatic nitrogens is 1. The summed E-state index contributed by atoms with van der Waals surface area (Å²) in [4.78, 5) is 4.43. The van der Waals surface area contributed by atoms with E-state index in [-0.39, 0.29) is 0 Å². The Morgan fingerprint density at radius 2 is 2.20 bits per heavy atom. The van der Waals surface area contributed by atoms with E-state index in [1.807, 2.05) is 0 Å². The Kier molecular flexibility index (Phi) is 2.21. The molecule has 3 rings (SSSR count). The van der Waals surface area contributed by atoms with Crippen LogP contribution in [0.15, 0.2) is 4.47 Å². The number of halogens is 1. The molecule has 0 saturated heterocycles. The van der Waals surface area contributed by atoms with Crippen LogP contribution in [0.3, 0.4) is 0 Å². The number of aliphatic hydroxyl groups is 1. The number of rotatable bonds is 0. The Hall–Kier alpha value is -0.610. The van der Waals surface area contributed by atoms with Gasteiger partial charge in [-0.15, -0.1) is 0 Å². The molecule has 0 fully saturated rings. The maximum Gasteiger partial charge on any atom is 0.218 e. The average molecular weight is 270 g/mol. The van der Waals surface area contributed by atoms with Crippen LogP contribution in [-0.4, -0.2) is 16.7 Å². The zero-order valence-corrected chi connectivity index (χ0v) is 9.88. The van der Waals surface area contributed by atoms with Crippen LogP contribution in [0, 0.1) is 0 Å². The molecular weight excluding hydrogens is 258 g/mol. The van der Waals surface area contributed by atoms with Crippen molar-refractivity contribution < 1.29 is 9.84 Å². The first kappa shape index (κ1) is 9.60. The minimum Gasteiger partial charge on any atom is -0.477 e. The van der Waals surface area contributed by atoms with E-state index in [9.17, 15) is 5.11 Å². The molecule has 0 aromatic carbocycles. The largest absolute Gasteiger partial charge is 0.477 e. The molecule has 1 atom stereocenters. The maximum absolute atomic E-state index is 9.77. The molecule has 15 heavy (non-hydrogen) atoms. The van der Waals surface area contributed by atoms with Crippen molar-refractivity contribution in [3.8, 4) is 5.88 Å². The second kappa shape index (κ2) is 3.46. The van der Waals surface area contributed by atoms with E-state index in [2.05, 4.69) is 20.9 Å². The van der Waals surface area contributed by atoms with Gasteiger partial charge in [-0.05, 0) is 47.2 Å². The van der Waals surface area contributed by atoms with E-state index in [1.165, 1.54) is 11.1 Å². The first-order valence-corrected chi connectivity index (χ1v) is 6.08. The fourth-order valence-corrected chi connectivity index (χ4v) is 3.09. The van der Waals surface area contributed by atoms with Crippen molar-refractivity contribution in [2.75, 3.05) is 6.61 Å². The van der Waals surface area contributed by atoms with Crippen molar-refractivity contribution >= 4 is 15.9 Å². The number of aliphatic hydroxyl groups excluding tert-OH is 1. The van der Waals surface area contributed by atoms with Gasteiger partial charge in [-0.1, -0.05) is 0 Å². The Morgan fingerprint density at radius 1 is 1.33 bits per heavy atom. The molecule has 80 valence electrons. The van der Waals surface area contributed by atoms with E-state index in [0.717, 1.165) is 42.5 Å². The lowest BCUT2D eigenvalue weighted by Gasteiger charge is -2.19. The number of fused-ring (bicyclic) bond motifs is 2. The molecular formula is C11H12BrNO2. The standard InChI is InChI=1S/C11H12BrNO2/c12-9-6-3-4-8(14)10(6)13-11-7(9)2-1-5-15-11/h8,14H,1-5H2. The fourth-order valence-electron chi connectivity index (χ4n) is 2.32. The number of pyridine rings is 1. The first-order valence-electron chi connectivity index (χ1n) is 5.29. The summed E-state index contributed by atoms with van der Waals surface area (Å²) in [6.45, 7) is 0.737. The summed E-state index contributed by atoms with van der Waals surface area (Å²) in [6, 6.07) is 0. The van der Waals surface area contributed by atoms with Gasteiger partial charge in [-0.2, -0.15) is 0 Å². The number of ether oxygens (including phenoxy) is 1. The van der Waals surface area contributed by atoms with Gasteiger partial charge in [0.25, 0.3) is 0 Å². The minimum absolute atomic E-state index is 0.410. The molecule has 1 aliphatic carbocycles. The number of nitrogens with zero attached hydrogens (tertiary/aromatic N) is 1. The number of hydrogen-bond donors (Lipinski definition) is 1. The van der Waals surface area contributed by atoms with Gasteiger partial charge in [0, 0.05) is 10.0 Å². The summed E-state index contributed by atoms with van der Waals surface area (Å²) < 4.78 is 6.64. The Morgan fingerprint density at radius 3 is 3.07 bits per heavy atom. The molecule has 1 aromatic rings. The van der Waals surface area contributed by atoms with Gasteiger partial charge in [0.05, 0.1) is 18.4 Å². The SMILES string of the molecule is OC1CCc2c1nc1c(c2Br)CCCO1. The van der Waals surface area contributed by atoms with Crippen molar-refractivity contribution in [3.63, 3.8) is 0 Å². The van der Waals surface area contributed by atoms with Gasteiger partial charge >= 0.3 is 0 Å². The van der Waals surface area contributed by atoms with Gasteiger partial charge in [0.1, 0.15) is 0 Å². The van der Waals surface area contributed by atoms with Gasteiger partial charge in [0.15, 0.2) is 0 Å². The molecule has 0 amide bonds. The van der Waals surface area contributed by atoms with E-state index in [0.29, 0.717) is 5.88 Å². The molecule has 3 nitrogen and oxygen atoms in total. The monoisotopic (exact) mass is 269 g/mol. The molecule has 0 bridgehead atoms. The highest BCUT2D eigenvalue weighted by Gasteiger charge is 2.29. The predicted octanol–water partition coefficient (Wildman–Crippen LogP) is 2.15. The highest BCUT2D eigenvalue weighted by molar-refractivity contribution is 9.10. The molecule has 1 aliphatic heterocycles. The highest BCUT2D eigenvalue weighted by Crippen LogP contribution is 2.40. The van der Waals surface area contributed by atoms with Crippen LogP contribution in [0.1, 0.15) is 35.8 Å². The van der Waals surface area contributed by atoms with E-state index in [1.54, 1.807) is 0 Å². The van der Waals surface area contributed by atoms with Crippen LogP contribution in [0.25, 0.3) is 0 Å². The first-order chi connectivity index (χ1) is 7.27. The lowest BCUT2D eigenvalue weighted by molar-refractivity contribution is 0.173. The molecule has 0 spiro atoms. The molecule has 1 N–H and O–H groups in total. The second-order valence-corrected chi connectivity index (χ2v) is 4.87. The highest BCUT2D eigenvalue weighted by atomic mass is 79.9. The third-order valence-corrected chi connectivity index (χ3v) is 4.07. The Balaban J connectivity index is 2.20. The van der Waals surface area contributed by atoms with Crippen molar-refractivity contribution in [2.45, 2.75) is 31.8 Å². The zero-order valence-electron chi connectivity index (χ0n) is 8.29. The predicted molar refractivity (Wildman–Crippen MR) is 59.0 cm³/mol. The normalized spacial score (nSPS) is 23.2. The third-order valence-electron chi connectivity index (χ3n) is 3.11. The van der Waals surface area contributed by atoms with Crippen LogP contribution in [-0.2, 0) is 12.8 Å². The lowest BCUT2D eigenvalue weighted by atomic mass is 10.1. The van der Waals surface area contributed by atoms with Gasteiger partial charge < -0.3 is 9.84 Å². The van der Waals surface area contributed by atoms with Crippen molar-refractivity contribution in [1.82, 2.24) is 4.98 Å².